The van der Waals surface area contributed by atoms with E-state index in [0.717, 1.165) is 6.42 Å². The van der Waals surface area contributed by atoms with Gasteiger partial charge in [-0.3, -0.25) is 0 Å². The van der Waals surface area contributed by atoms with Crippen molar-refractivity contribution in [2.75, 3.05) is 0 Å². The molecule has 0 spiro atoms. The second-order valence-corrected chi connectivity index (χ2v) is 11.0. The zero-order valence-electron chi connectivity index (χ0n) is 9.41. The van der Waals surface area contributed by atoms with E-state index in [1.807, 2.05) is 0 Å². The highest BCUT2D eigenvalue weighted by Gasteiger charge is 2.18. The normalized spacial score (nSPS) is 17.5. The van der Waals surface area contributed by atoms with Crippen molar-refractivity contribution in [2.45, 2.75) is 64.3 Å². The summed E-state index contributed by atoms with van der Waals surface area (Å²) in [5, 5.41) is 0. The molecule has 0 rings (SSSR count). The highest BCUT2D eigenvalue weighted by atomic mass is 28.3. The zero-order valence-corrected chi connectivity index (χ0v) is 10.4. The van der Waals surface area contributed by atoms with E-state index in [9.17, 15) is 0 Å². The van der Waals surface area contributed by atoms with Gasteiger partial charge in [-0.05, 0) is 19.8 Å². The van der Waals surface area contributed by atoms with Crippen LogP contribution in [0.2, 0.25) is 25.7 Å². The fraction of sp³-hybridized carbons (Fsp3) is 1.00. The van der Waals surface area contributed by atoms with Gasteiger partial charge >= 0.3 is 0 Å². The summed E-state index contributed by atoms with van der Waals surface area (Å²) < 4.78 is 0. The average molecular weight is 187 g/mol. The van der Waals surface area contributed by atoms with Gasteiger partial charge in [-0.2, -0.15) is 0 Å². The van der Waals surface area contributed by atoms with Crippen LogP contribution in [0, 0.1) is 0 Å². The quantitative estimate of drug-likeness (QED) is 0.657. The van der Waals surface area contributed by atoms with Crippen LogP contribution >= 0.6 is 0 Å². The van der Waals surface area contributed by atoms with Crippen molar-refractivity contribution in [1.82, 2.24) is 0 Å². The summed E-state index contributed by atoms with van der Waals surface area (Å²) >= 11 is 0. The molecule has 2 heteroatoms. The molecular formula is C10H25NSi. The highest BCUT2D eigenvalue weighted by molar-refractivity contribution is 6.76. The van der Waals surface area contributed by atoms with E-state index < -0.39 is 8.07 Å². The van der Waals surface area contributed by atoms with Crippen LogP contribution in [0.25, 0.3) is 0 Å². The molecule has 0 aliphatic carbocycles. The van der Waals surface area contributed by atoms with E-state index >= 15 is 0 Å². The molecule has 0 aliphatic heterocycles. The van der Waals surface area contributed by atoms with Gasteiger partial charge in [0.1, 0.15) is 0 Å². The van der Waals surface area contributed by atoms with Gasteiger partial charge in [-0.1, -0.05) is 39.0 Å². The largest absolute Gasteiger partial charge is 0.325 e. The molecule has 0 aromatic rings. The summed E-state index contributed by atoms with van der Waals surface area (Å²) in [4.78, 5) is 0. The molecule has 0 saturated heterocycles. The van der Waals surface area contributed by atoms with Gasteiger partial charge < -0.3 is 5.73 Å². The topological polar surface area (TPSA) is 26.0 Å². The Bertz CT molecular complexity index is 124. The number of nitrogens with two attached hydrogens (primary N) is 1. The lowest BCUT2D eigenvalue weighted by Gasteiger charge is -2.24. The first kappa shape index (κ1) is 12.2. The number of rotatable bonds is 5. The number of hydrogen-bond acceptors (Lipinski definition) is 1. The first-order valence-electron chi connectivity index (χ1n) is 5.06. The molecule has 0 fully saturated rings. The first-order valence-corrected chi connectivity index (χ1v) is 8.76. The SMILES string of the molecule is CCC(C)(N)CCC[Si](C)(C)C. The molecule has 0 aromatic carbocycles. The van der Waals surface area contributed by atoms with Crippen LogP contribution in [0.3, 0.4) is 0 Å². The maximum Gasteiger partial charge on any atom is 0.0442 e. The maximum atomic E-state index is 6.06. The van der Waals surface area contributed by atoms with Crippen LogP contribution in [0.15, 0.2) is 0 Å². The molecule has 0 bridgehead atoms. The monoisotopic (exact) mass is 187 g/mol. The Kier molecular flexibility index (Phi) is 4.49. The molecule has 0 aromatic heterocycles. The molecule has 74 valence electrons. The van der Waals surface area contributed by atoms with Crippen LogP contribution < -0.4 is 5.73 Å². The Morgan fingerprint density at radius 2 is 1.75 bits per heavy atom. The minimum atomic E-state index is -0.825. The molecule has 1 unspecified atom stereocenters. The van der Waals surface area contributed by atoms with Crippen molar-refractivity contribution in [2.24, 2.45) is 5.73 Å². The van der Waals surface area contributed by atoms with Gasteiger partial charge in [0.25, 0.3) is 0 Å². The average Bonchev–Trinajstić information content (AvgIpc) is 1.84. The van der Waals surface area contributed by atoms with E-state index in [1.54, 1.807) is 0 Å². The Labute approximate surface area is 78.7 Å². The predicted molar refractivity (Wildman–Crippen MR) is 60.3 cm³/mol. The van der Waals surface area contributed by atoms with Gasteiger partial charge in [0.15, 0.2) is 0 Å². The summed E-state index contributed by atoms with van der Waals surface area (Å²) in [6.07, 6.45) is 3.60. The lowest BCUT2D eigenvalue weighted by Crippen LogP contribution is -2.35. The second-order valence-electron chi connectivity index (χ2n) is 5.42. The van der Waals surface area contributed by atoms with Crippen molar-refractivity contribution < 1.29 is 0 Å². The van der Waals surface area contributed by atoms with Gasteiger partial charge in [-0.15, -0.1) is 0 Å². The van der Waals surface area contributed by atoms with Gasteiger partial charge in [0, 0.05) is 13.6 Å². The molecule has 0 saturated carbocycles. The minimum Gasteiger partial charge on any atom is -0.325 e. The summed E-state index contributed by atoms with van der Waals surface area (Å²) in [6.45, 7) is 11.6. The first-order chi connectivity index (χ1) is 5.27. The summed E-state index contributed by atoms with van der Waals surface area (Å²) in [5.74, 6) is 0. The van der Waals surface area contributed by atoms with Crippen LogP contribution in [0.1, 0.15) is 33.1 Å². The molecule has 1 nitrogen and oxygen atoms in total. The second kappa shape index (κ2) is 4.42. The standard InChI is InChI=1S/C10H25NSi/c1-6-10(2,11)8-7-9-12(3,4)5/h6-9,11H2,1-5H3. The van der Waals surface area contributed by atoms with Gasteiger partial charge in [0.2, 0.25) is 0 Å². The lowest BCUT2D eigenvalue weighted by molar-refractivity contribution is 0.413. The van der Waals surface area contributed by atoms with E-state index in [2.05, 4.69) is 33.5 Å². The fourth-order valence-electron chi connectivity index (χ4n) is 1.20. The van der Waals surface area contributed by atoms with Crippen molar-refractivity contribution >= 4 is 8.07 Å². The van der Waals surface area contributed by atoms with Crippen LogP contribution in [-0.2, 0) is 0 Å². The Morgan fingerprint density at radius 1 is 1.25 bits per heavy atom. The van der Waals surface area contributed by atoms with Crippen molar-refractivity contribution in [1.29, 1.82) is 0 Å². The zero-order chi connectivity index (χ0) is 9.83. The Balaban J connectivity index is 3.57. The van der Waals surface area contributed by atoms with Crippen LogP contribution in [0.4, 0.5) is 0 Å². The predicted octanol–water partition coefficient (Wildman–Crippen LogP) is 3.23. The van der Waals surface area contributed by atoms with Gasteiger partial charge in [-0.25, -0.2) is 0 Å². The number of hydrogen-bond donors (Lipinski definition) is 1. The third-order valence-electron chi connectivity index (χ3n) is 2.48. The summed E-state index contributed by atoms with van der Waals surface area (Å²) in [5.41, 5.74) is 6.14. The van der Waals surface area contributed by atoms with Crippen molar-refractivity contribution in [3.8, 4) is 0 Å². The molecule has 12 heavy (non-hydrogen) atoms. The molecular weight excluding hydrogens is 162 g/mol. The third kappa shape index (κ3) is 6.86. The molecule has 0 amide bonds. The Hall–Kier alpha value is 0.177. The molecule has 1 atom stereocenters. The fourth-order valence-corrected chi connectivity index (χ4v) is 2.44. The van der Waals surface area contributed by atoms with Crippen molar-refractivity contribution in [3.05, 3.63) is 0 Å². The highest BCUT2D eigenvalue weighted by Crippen LogP contribution is 2.19. The van der Waals surface area contributed by atoms with Crippen LogP contribution in [-0.4, -0.2) is 13.6 Å². The molecule has 0 heterocycles. The lowest BCUT2D eigenvalue weighted by atomic mass is 9.95. The maximum absolute atomic E-state index is 6.06. The van der Waals surface area contributed by atoms with Crippen molar-refractivity contribution in [3.63, 3.8) is 0 Å². The summed E-state index contributed by atoms with van der Waals surface area (Å²) in [7, 11) is -0.825. The summed E-state index contributed by atoms with van der Waals surface area (Å²) in [6, 6.07) is 1.42. The smallest absolute Gasteiger partial charge is 0.0442 e. The van der Waals surface area contributed by atoms with E-state index in [1.165, 1.54) is 18.9 Å². The van der Waals surface area contributed by atoms with E-state index in [4.69, 9.17) is 5.73 Å². The molecule has 2 N–H and O–H groups in total. The third-order valence-corrected chi connectivity index (χ3v) is 4.34. The molecule has 0 aliphatic rings. The van der Waals surface area contributed by atoms with E-state index in [0.29, 0.717) is 0 Å². The molecule has 0 radical (unpaired) electrons. The van der Waals surface area contributed by atoms with Crippen LogP contribution in [0.5, 0.6) is 0 Å². The Morgan fingerprint density at radius 3 is 2.08 bits per heavy atom. The minimum absolute atomic E-state index is 0.0830. The van der Waals surface area contributed by atoms with Gasteiger partial charge in [0.05, 0.1) is 0 Å². The van der Waals surface area contributed by atoms with E-state index in [-0.39, 0.29) is 5.54 Å².